The van der Waals surface area contributed by atoms with E-state index in [1.165, 1.54) is 5.56 Å². The molecule has 94 valence electrons. The first-order valence-electron chi connectivity index (χ1n) is 6.68. The van der Waals surface area contributed by atoms with Crippen LogP contribution in [-0.4, -0.2) is 17.3 Å². The summed E-state index contributed by atoms with van der Waals surface area (Å²) in [5, 5.41) is 9.70. The summed E-state index contributed by atoms with van der Waals surface area (Å²) in [6.07, 6.45) is 4.63. The van der Waals surface area contributed by atoms with Crippen molar-refractivity contribution in [1.82, 2.24) is 0 Å². The first kappa shape index (κ1) is 12.6. The lowest BCUT2D eigenvalue weighted by molar-refractivity contribution is 0.0849. The van der Waals surface area contributed by atoms with E-state index in [-0.39, 0.29) is 17.6 Å². The van der Waals surface area contributed by atoms with Crippen LogP contribution in [-0.2, 0) is 5.41 Å². The molecular weight excluding hydrogens is 210 g/mol. The van der Waals surface area contributed by atoms with Crippen LogP contribution >= 0.6 is 0 Å². The van der Waals surface area contributed by atoms with Gasteiger partial charge in [0.1, 0.15) is 0 Å². The van der Waals surface area contributed by atoms with Crippen molar-refractivity contribution in [2.45, 2.75) is 56.6 Å². The molecule has 3 N–H and O–H groups in total. The maximum absolute atomic E-state index is 9.70. The Bertz CT molecular complexity index is 341. The van der Waals surface area contributed by atoms with Crippen LogP contribution in [0.1, 0.15) is 44.6 Å². The minimum atomic E-state index is -0.129. The molecule has 2 nitrogen and oxygen atoms in total. The molecule has 0 spiro atoms. The van der Waals surface area contributed by atoms with E-state index in [9.17, 15) is 5.11 Å². The Morgan fingerprint density at radius 1 is 1.29 bits per heavy atom. The van der Waals surface area contributed by atoms with Gasteiger partial charge in [0.15, 0.2) is 0 Å². The van der Waals surface area contributed by atoms with Gasteiger partial charge in [-0.1, -0.05) is 37.3 Å². The molecule has 1 atom stereocenters. The van der Waals surface area contributed by atoms with Gasteiger partial charge in [-0.15, -0.1) is 0 Å². The van der Waals surface area contributed by atoms with Crippen molar-refractivity contribution in [2.24, 2.45) is 5.73 Å². The quantitative estimate of drug-likeness (QED) is 0.843. The first-order valence-corrected chi connectivity index (χ1v) is 6.68. The fraction of sp³-hybridized carbons (Fsp3) is 0.600. The molecule has 0 heterocycles. The molecule has 1 aliphatic rings. The Labute approximate surface area is 104 Å². The molecule has 2 rings (SSSR count). The van der Waals surface area contributed by atoms with Crippen molar-refractivity contribution in [3.05, 3.63) is 35.9 Å². The number of benzene rings is 1. The smallest absolute Gasteiger partial charge is 0.0541 e. The van der Waals surface area contributed by atoms with Crippen molar-refractivity contribution in [1.29, 1.82) is 0 Å². The third kappa shape index (κ3) is 2.38. The maximum atomic E-state index is 9.70. The van der Waals surface area contributed by atoms with Crippen LogP contribution in [0.5, 0.6) is 0 Å². The zero-order valence-electron chi connectivity index (χ0n) is 10.6. The standard InChI is InChI=1S/C15H23NO/c1-2-14(16)15(10-8-13(17)9-11-15)12-6-4-3-5-7-12/h3-7,13-14,17H,2,8-11,16H2,1H3/t13-,14?,15+. The van der Waals surface area contributed by atoms with E-state index in [0.717, 1.165) is 32.1 Å². The van der Waals surface area contributed by atoms with Crippen LogP contribution in [0.25, 0.3) is 0 Å². The second-order valence-corrected chi connectivity index (χ2v) is 5.27. The van der Waals surface area contributed by atoms with Crippen molar-refractivity contribution < 1.29 is 5.11 Å². The third-order valence-corrected chi connectivity index (χ3v) is 4.35. The average molecular weight is 233 g/mol. The first-order chi connectivity index (χ1) is 8.19. The molecule has 1 aromatic carbocycles. The van der Waals surface area contributed by atoms with E-state index in [0.29, 0.717) is 0 Å². The molecule has 0 radical (unpaired) electrons. The zero-order chi connectivity index (χ0) is 12.3. The molecule has 0 aromatic heterocycles. The molecule has 2 heteroatoms. The molecule has 0 bridgehead atoms. The third-order valence-electron chi connectivity index (χ3n) is 4.35. The normalized spacial score (nSPS) is 31.1. The molecule has 0 amide bonds. The summed E-state index contributed by atoms with van der Waals surface area (Å²) < 4.78 is 0. The summed E-state index contributed by atoms with van der Waals surface area (Å²) >= 11 is 0. The summed E-state index contributed by atoms with van der Waals surface area (Å²) in [6, 6.07) is 10.8. The summed E-state index contributed by atoms with van der Waals surface area (Å²) in [5.74, 6) is 0. The molecule has 1 fully saturated rings. The van der Waals surface area contributed by atoms with E-state index in [1.54, 1.807) is 0 Å². The number of rotatable bonds is 3. The van der Waals surface area contributed by atoms with Gasteiger partial charge in [0.25, 0.3) is 0 Å². The molecule has 1 aromatic rings. The van der Waals surface area contributed by atoms with Crippen LogP contribution < -0.4 is 5.73 Å². The highest BCUT2D eigenvalue weighted by Crippen LogP contribution is 2.42. The van der Waals surface area contributed by atoms with Crippen LogP contribution in [0.3, 0.4) is 0 Å². The van der Waals surface area contributed by atoms with Gasteiger partial charge >= 0.3 is 0 Å². The lowest BCUT2D eigenvalue weighted by atomic mass is 9.64. The lowest BCUT2D eigenvalue weighted by Crippen LogP contribution is -2.48. The van der Waals surface area contributed by atoms with Crippen LogP contribution in [0.2, 0.25) is 0 Å². The number of nitrogens with two attached hydrogens (primary N) is 1. The van der Waals surface area contributed by atoms with E-state index < -0.39 is 0 Å². The molecule has 1 unspecified atom stereocenters. The van der Waals surface area contributed by atoms with Gasteiger partial charge in [-0.2, -0.15) is 0 Å². The maximum Gasteiger partial charge on any atom is 0.0541 e. The molecule has 0 saturated heterocycles. The van der Waals surface area contributed by atoms with Gasteiger partial charge in [0, 0.05) is 11.5 Å². The summed E-state index contributed by atoms with van der Waals surface area (Å²) in [4.78, 5) is 0. The summed E-state index contributed by atoms with van der Waals surface area (Å²) in [7, 11) is 0. The second kappa shape index (κ2) is 5.19. The highest BCUT2D eigenvalue weighted by molar-refractivity contribution is 5.28. The van der Waals surface area contributed by atoms with E-state index >= 15 is 0 Å². The molecule has 17 heavy (non-hydrogen) atoms. The highest BCUT2D eigenvalue weighted by atomic mass is 16.3. The van der Waals surface area contributed by atoms with Gasteiger partial charge in [0.05, 0.1) is 6.10 Å². The number of hydrogen-bond acceptors (Lipinski definition) is 2. The van der Waals surface area contributed by atoms with Crippen molar-refractivity contribution in [2.75, 3.05) is 0 Å². The average Bonchev–Trinajstić information content (AvgIpc) is 2.40. The van der Waals surface area contributed by atoms with E-state index in [1.807, 2.05) is 6.07 Å². The second-order valence-electron chi connectivity index (χ2n) is 5.27. The van der Waals surface area contributed by atoms with Crippen LogP contribution in [0.4, 0.5) is 0 Å². The molecule has 0 aliphatic heterocycles. The Morgan fingerprint density at radius 2 is 1.88 bits per heavy atom. The van der Waals surface area contributed by atoms with Crippen molar-refractivity contribution in [3.63, 3.8) is 0 Å². The van der Waals surface area contributed by atoms with Crippen LogP contribution in [0.15, 0.2) is 30.3 Å². The van der Waals surface area contributed by atoms with Crippen molar-refractivity contribution in [3.8, 4) is 0 Å². The minimum Gasteiger partial charge on any atom is -0.393 e. The Balaban J connectivity index is 2.31. The Hall–Kier alpha value is -0.860. The summed E-state index contributed by atoms with van der Waals surface area (Å²) in [5.41, 5.74) is 7.81. The van der Waals surface area contributed by atoms with E-state index in [4.69, 9.17) is 5.73 Å². The predicted octanol–water partition coefficient (Wildman–Crippen LogP) is 2.60. The Kier molecular flexibility index (Phi) is 3.85. The van der Waals surface area contributed by atoms with E-state index in [2.05, 4.69) is 31.2 Å². The van der Waals surface area contributed by atoms with Gasteiger partial charge < -0.3 is 10.8 Å². The minimum absolute atomic E-state index is 0.0786. The van der Waals surface area contributed by atoms with Gasteiger partial charge in [0.2, 0.25) is 0 Å². The van der Waals surface area contributed by atoms with Gasteiger partial charge in [-0.25, -0.2) is 0 Å². The predicted molar refractivity (Wildman–Crippen MR) is 70.9 cm³/mol. The SMILES string of the molecule is CCC(N)[C@]1(c2ccccc2)CC[C@H](O)CC1. The van der Waals surface area contributed by atoms with Crippen molar-refractivity contribution >= 4 is 0 Å². The van der Waals surface area contributed by atoms with Crippen LogP contribution in [0, 0.1) is 0 Å². The fourth-order valence-electron chi connectivity index (χ4n) is 3.15. The Morgan fingerprint density at radius 3 is 2.41 bits per heavy atom. The summed E-state index contributed by atoms with van der Waals surface area (Å²) in [6.45, 7) is 2.15. The monoisotopic (exact) mass is 233 g/mol. The topological polar surface area (TPSA) is 46.2 Å². The van der Waals surface area contributed by atoms with Gasteiger partial charge in [-0.3, -0.25) is 0 Å². The van der Waals surface area contributed by atoms with Gasteiger partial charge in [-0.05, 0) is 37.7 Å². The lowest BCUT2D eigenvalue weighted by Gasteiger charge is -2.43. The number of aliphatic hydroxyl groups excluding tert-OH is 1. The zero-order valence-corrected chi connectivity index (χ0v) is 10.6. The fourth-order valence-corrected chi connectivity index (χ4v) is 3.15. The molecular formula is C15H23NO. The molecule has 1 aliphatic carbocycles. The largest absolute Gasteiger partial charge is 0.393 e. The number of hydrogen-bond donors (Lipinski definition) is 2. The number of aliphatic hydroxyl groups is 1. The highest BCUT2D eigenvalue weighted by Gasteiger charge is 2.40. The molecule has 1 saturated carbocycles.